The number of carbonyl (C=O) groups is 1. The van der Waals surface area contributed by atoms with Crippen LogP contribution >= 0.6 is 0 Å². The van der Waals surface area contributed by atoms with Crippen LogP contribution in [0.3, 0.4) is 0 Å². The van der Waals surface area contributed by atoms with Crippen molar-refractivity contribution < 1.29 is 13.7 Å². The van der Waals surface area contributed by atoms with Crippen LogP contribution in [0.5, 0.6) is 0 Å². The standard InChI is InChI=1S/C17H17N3O3S/c1-11(2)24(22)14-6-4-13(5-7-14)17(21)23-10-12-3-8-15-16(9-12)19-20-18-15/h3-9,11H,10H2,1-2H3,(H,18,19,20)/t24-/m0/s1. The second kappa shape index (κ2) is 6.92. The maximum absolute atomic E-state index is 12.1. The van der Waals surface area contributed by atoms with Gasteiger partial charge in [0, 0.05) is 10.1 Å². The maximum Gasteiger partial charge on any atom is 0.338 e. The van der Waals surface area contributed by atoms with Gasteiger partial charge in [0.2, 0.25) is 0 Å². The fourth-order valence-electron chi connectivity index (χ4n) is 2.21. The second-order valence-electron chi connectivity index (χ2n) is 5.59. The van der Waals surface area contributed by atoms with Gasteiger partial charge in [0.1, 0.15) is 17.6 Å². The molecule has 2 aromatic carbocycles. The van der Waals surface area contributed by atoms with Gasteiger partial charge in [-0.3, -0.25) is 4.21 Å². The lowest BCUT2D eigenvalue weighted by molar-refractivity contribution is 0.0472. The van der Waals surface area contributed by atoms with Crippen molar-refractivity contribution in [2.24, 2.45) is 0 Å². The summed E-state index contributed by atoms with van der Waals surface area (Å²) in [5, 5.41) is 10.5. The number of ether oxygens (including phenoxy) is 1. The number of rotatable bonds is 5. The average Bonchev–Trinajstić information content (AvgIpc) is 3.06. The summed E-state index contributed by atoms with van der Waals surface area (Å²) in [4.78, 5) is 12.8. The highest BCUT2D eigenvalue weighted by atomic mass is 32.2. The van der Waals surface area contributed by atoms with E-state index >= 15 is 0 Å². The third-order valence-corrected chi connectivity index (χ3v) is 5.09. The van der Waals surface area contributed by atoms with Crippen LogP contribution in [0, 0.1) is 0 Å². The first-order valence-electron chi connectivity index (χ1n) is 7.52. The van der Waals surface area contributed by atoms with Gasteiger partial charge in [-0.1, -0.05) is 19.9 Å². The van der Waals surface area contributed by atoms with Crippen molar-refractivity contribution in [1.82, 2.24) is 15.4 Å². The first kappa shape index (κ1) is 16.3. The minimum Gasteiger partial charge on any atom is -0.457 e. The number of fused-ring (bicyclic) bond motifs is 1. The van der Waals surface area contributed by atoms with E-state index in [1.807, 2.05) is 32.0 Å². The van der Waals surface area contributed by atoms with E-state index in [1.165, 1.54) is 0 Å². The minimum absolute atomic E-state index is 0.0363. The summed E-state index contributed by atoms with van der Waals surface area (Å²) in [6.45, 7) is 3.94. The third-order valence-electron chi connectivity index (χ3n) is 3.50. The molecular formula is C17H17N3O3S. The lowest BCUT2D eigenvalue weighted by Crippen LogP contribution is -2.08. The molecule has 6 nitrogen and oxygen atoms in total. The Bertz CT molecular complexity index is 887. The largest absolute Gasteiger partial charge is 0.457 e. The highest BCUT2D eigenvalue weighted by Crippen LogP contribution is 2.15. The normalized spacial score (nSPS) is 12.5. The number of hydrogen-bond acceptors (Lipinski definition) is 5. The molecule has 0 bridgehead atoms. The van der Waals surface area contributed by atoms with Crippen molar-refractivity contribution in [3.8, 4) is 0 Å². The Kier molecular flexibility index (Phi) is 4.71. The number of hydrogen-bond donors (Lipinski definition) is 1. The van der Waals surface area contributed by atoms with Gasteiger partial charge in [0.05, 0.1) is 16.4 Å². The Balaban J connectivity index is 1.65. The van der Waals surface area contributed by atoms with Gasteiger partial charge in [-0.25, -0.2) is 4.79 Å². The summed E-state index contributed by atoms with van der Waals surface area (Å²) < 4.78 is 17.3. The molecule has 24 heavy (non-hydrogen) atoms. The summed E-state index contributed by atoms with van der Waals surface area (Å²) in [6.07, 6.45) is 0. The van der Waals surface area contributed by atoms with E-state index in [4.69, 9.17) is 4.74 Å². The molecule has 3 rings (SSSR count). The highest BCUT2D eigenvalue weighted by Gasteiger charge is 2.12. The molecule has 1 N–H and O–H groups in total. The van der Waals surface area contributed by atoms with Crippen LogP contribution < -0.4 is 0 Å². The van der Waals surface area contributed by atoms with Gasteiger partial charge in [-0.15, -0.1) is 0 Å². The smallest absolute Gasteiger partial charge is 0.338 e. The summed E-state index contributed by atoms with van der Waals surface area (Å²) in [7, 11) is -1.07. The average molecular weight is 343 g/mol. The first-order chi connectivity index (χ1) is 11.5. The minimum atomic E-state index is -1.07. The van der Waals surface area contributed by atoms with Crippen molar-refractivity contribution >= 4 is 27.8 Å². The van der Waals surface area contributed by atoms with Crippen molar-refractivity contribution in [3.63, 3.8) is 0 Å². The number of H-pyrrole nitrogens is 1. The molecular weight excluding hydrogens is 326 g/mol. The van der Waals surface area contributed by atoms with Crippen molar-refractivity contribution in [2.45, 2.75) is 30.6 Å². The summed E-state index contributed by atoms with van der Waals surface area (Å²) in [5.41, 5.74) is 2.76. The Hall–Kier alpha value is -2.54. The number of aromatic amines is 1. The molecule has 1 atom stereocenters. The van der Waals surface area contributed by atoms with Crippen molar-refractivity contribution in [2.75, 3.05) is 0 Å². The second-order valence-corrected chi connectivity index (χ2v) is 7.60. The Labute approximate surface area is 141 Å². The molecule has 0 saturated heterocycles. The summed E-state index contributed by atoms with van der Waals surface area (Å²) in [6, 6.07) is 12.2. The number of esters is 1. The molecule has 7 heteroatoms. The number of carbonyl (C=O) groups excluding carboxylic acids is 1. The van der Waals surface area contributed by atoms with Crippen molar-refractivity contribution in [3.05, 3.63) is 53.6 Å². The molecule has 1 aromatic heterocycles. The Morgan fingerprint density at radius 3 is 2.54 bits per heavy atom. The number of nitrogens with zero attached hydrogens (tertiary/aromatic N) is 2. The van der Waals surface area contributed by atoms with E-state index in [2.05, 4.69) is 15.4 Å². The predicted molar refractivity (Wildman–Crippen MR) is 91.0 cm³/mol. The van der Waals surface area contributed by atoms with Crippen LogP contribution in [0.15, 0.2) is 47.4 Å². The molecule has 0 saturated carbocycles. The van der Waals surface area contributed by atoms with Gasteiger partial charge in [-0.05, 0) is 42.0 Å². The van der Waals surface area contributed by atoms with Gasteiger partial charge in [0.15, 0.2) is 0 Å². The first-order valence-corrected chi connectivity index (χ1v) is 8.73. The Morgan fingerprint density at radius 1 is 1.12 bits per heavy atom. The highest BCUT2D eigenvalue weighted by molar-refractivity contribution is 7.85. The van der Waals surface area contributed by atoms with Crippen LogP contribution in [0.1, 0.15) is 29.8 Å². The fourth-order valence-corrected chi connectivity index (χ4v) is 3.15. The predicted octanol–water partition coefficient (Wildman–Crippen LogP) is 2.83. The van der Waals surface area contributed by atoms with E-state index in [-0.39, 0.29) is 11.9 Å². The molecule has 0 aliphatic rings. The van der Waals surface area contributed by atoms with Gasteiger partial charge in [0.25, 0.3) is 0 Å². The molecule has 0 fully saturated rings. The summed E-state index contributed by atoms with van der Waals surface area (Å²) in [5.74, 6) is -0.419. The lowest BCUT2D eigenvalue weighted by atomic mass is 10.2. The van der Waals surface area contributed by atoms with Crippen LogP contribution in [0.25, 0.3) is 11.0 Å². The molecule has 0 aliphatic heterocycles. The zero-order valence-electron chi connectivity index (χ0n) is 13.4. The zero-order chi connectivity index (χ0) is 17.1. The molecule has 124 valence electrons. The number of aromatic nitrogens is 3. The number of nitrogens with one attached hydrogen (secondary N) is 1. The van der Waals surface area contributed by atoms with Crippen molar-refractivity contribution in [1.29, 1.82) is 0 Å². The molecule has 3 aromatic rings. The molecule has 1 heterocycles. The SMILES string of the molecule is CC(C)[S@](=O)c1ccc(C(=O)OCc2ccc3n[nH]nc3c2)cc1. The van der Waals surface area contributed by atoms with E-state index in [0.717, 1.165) is 16.6 Å². The molecule has 0 spiro atoms. The third kappa shape index (κ3) is 3.51. The van der Waals surface area contributed by atoms with Crippen LogP contribution in [-0.2, 0) is 22.1 Å². The lowest BCUT2D eigenvalue weighted by Gasteiger charge is -2.07. The Morgan fingerprint density at radius 2 is 1.83 bits per heavy atom. The van der Waals surface area contributed by atoms with E-state index in [1.54, 1.807) is 24.3 Å². The quantitative estimate of drug-likeness (QED) is 0.720. The van der Waals surface area contributed by atoms with E-state index in [0.29, 0.717) is 10.5 Å². The molecule has 0 amide bonds. The molecule has 0 radical (unpaired) electrons. The molecule has 0 aliphatic carbocycles. The number of benzene rings is 2. The maximum atomic E-state index is 12.1. The van der Waals surface area contributed by atoms with Crippen LogP contribution in [0.2, 0.25) is 0 Å². The molecule has 0 unspecified atom stereocenters. The monoisotopic (exact) mass is 343 g/mol. The van der Waals surface area contributed by atoms with Gasteiger partial charge >= 0.3 is 5.97 Å². The summed E-state index contributed by atoms with van der Waals surface area (Å²) >= 11 is 0. The zero-order valence-corrected chi connectivity index (χ0v) is 14.2. The van der Waals surface area contributed by atoms with E-state index < -0.39 is 16.8 Å². The van der Waals surface area contributed by atoms with Gasteiger partial charge < -0.3 is 4.74 Å². The van der Waals surface area contributed by atoms with Gasteiger partial charge in [-0.2, -0.15) is 15.4 Å². The fraction of sp³-hybridized carbons (Fsp3) is 0.235. The van der Waals surface area contributed by atoms with Crippen LogP contribution in [-0.4, -0.2) is 30.8 Å². The topological polar surface area (TPSA) is 84.9 Å². The van der Waals surface area contributed by atoms with Crippen LogP contribution in [0.4, 0.5) is 0 Å². The van der Waals surface area contributed by atoms with E-state index in [9.17, 15) is 9.00 Å².